The van der Waals surface area contributed by atoms with Gasteiger partial charge in [-0.3, -0.25) is 4.98 Å². The van der Waals surface area contributed by atoms with Gasteiger partial charge in [-0.2, -0.15) is 13.2 Å². The molecule has 1 atom stereocenters. The summed E-state index contributed by atoms with van der Waals surface area (Å²) >= 11 is 0. The summed E-state index contributed by atoms with van der Waals surface area (Å²) in [6.07, 6.45) is -1.73. The summed E-state index contributed by atoms with van der Waals surface area (Å²) in [6, 6.07) is 8.04. The summed E-state index contributed by atoms with van der Waals surface area (Å²) in [5.74, 6) is 0.321. The van der Waals surface area contributed by atoms with Gasteiger partial charge >= 0.3 is 6.18 Å². The highest BCUT2D eigenvalue weighted by Gasteiger charge is 2.31. The average Bonchev–Trinajstić information content (AvgIpc) is 2.95. The highest BCUT2D eigenvalue weighted by Crippen LogP contribution is 2.42. The number of nitrogens with two attached hydrogens (primary N) is 1. The van der Waals surface area contributed by atoms with Crippen LogP contribution in [0.15, 0.2) is 47.5 Å². The summed E-state index contributed by atoms with van der Waals surface area (Å²) < 4.78 is 61.0. The van der Waals surface area contributed by atoms with Gasteiger partial charge in [-0.25, -0.2) is 13.6 Å². The quantitative estimate of drug-likeness (QED) is 0.869. The van der Waals surface area contributed by atoms with Crippen LogP contribution in [0.25, 0.3) is 11.1 Å². The van der Waals surface area contributed by atoms with Gasteiger partial charge in [0.05, 0.1) is 11.3 Å². The zero-order valence-electron chi connectivity index (χ0n) is 13.9. The highest BCUT2D eigenvalue weighted by atomic mass is 32.2. The van der Waals surface area contributed by atoms with E-state index in [1.54, 1.807) is 6.07 Å². The Balaban J connectivity index is 2.00. The van der Waals surface area contributed by atoms with Crippen molar-refractivity contribution in [1.29, 1.82) is 0 Å². The molecular weight excluding hydrogens is 365 g/mol. The Morgan fingerprint density at radius 3 is 2.15 bits per heavy atom. The standard InChI is InChI=1S/C18H17F3N2O2S/c1-11-8-15(12-2-4-13(5-3-12)18(19,20)21)16(9-11)17-7-6-14(10-23-17)26(22,24)25/h2-7,10-11H,8-9H2,1H3,(H2,22,24,25). The second kappa shape index (κ2) is 6.51. The fraction of sp³-hybridized carbons (Fsp3) is 0.278. The number of pyridine rings is 1. The summed E-state index contributed by atoms with van der Waals surface area (Å²) in [5, 5.41) is 5.08. The molecule has 0 aliphatic heterocycles. The van der Waals surface area contributed by atoms with Gasteiger partial charge in [0.25, 0.3) is 0 Å². The fourth-order valence-corrected chi connectivity index (χ4v) is 3.61. The lowest BCUT2D eigenvalue weighted by Crippen LogP contribution is -2.12. The number of alkyl halides is 3. The molecular formula is C18H17F3N2O2S. The molecule has 8 heteroatoms. The van der Waals surface area contributed by atoms with E-state index in [1.165, 1.54) is 24.4 Å². The number of halogens is 3. The zero-order chi connectivity index (χ0) is 19.1. The van der Waals surface area contributed by atoms with Crippen molar-refractivity contribution in [2.24, 2.45) is 11.1 Å². The van der Waals surface area contributed by atoms with E-state index in [0.29, 0.717) is 11.6 Å². The molecule has 0 amide bonds. The van der Waals surface area contributed by atoms with E-state index in [2.05, 4.69) is 11.9 Å². The van der Waals surface area contributed by atoms with Crippen LogP contribution >= 0.6 is 0 Å². The topological polar surface area (TPSA) is 73.1 Å². The molecule has 0 saturated heterocycles. The number of sulfonamides is 1. The van der Waals surface area contributed by atoms with Crippen molar-refractivity contribution >= 4 is 21.2 Å². The predicted octanol–water partition coefficient (Wildman–Crippen LogP) is 4.09. The SMILES string of the molecule is CC1CC(c2ccc(C(F)(F)F)cc2)=C(c2ccc(S(N)(=O)=O)cn2)C1. The van der Waals surface area contributed by atoms with Gasteiger partial charge in [-0.05, 0) is 59.7 Å². The van der Waals surface area contributed by atoms with Crippen molar-refractivity contribution in [1.82, 2.24) is 4.98 Å². The third-order valence-corrected chi connectivity index (χ3v) is 5.30. The number of aromatic nitrogens is 1. The Morgan fingerprint density at radius 1 is 1.04 bits per heavy atom. The molecule has 0 bridgehead atoms. The van der Waals surface area contributed by atoms with Crippen molar-refractivity contribution in [3.8, 4) is 0 Å². The molecule has 1 heterocycles. The van der Waals surface area contributed by atoms with Gasteiger partial charge in [0, 0.05) is 6.20 Å². The van der Waals surface area contributed by atoms with Gasteiger partial charge in [-0.15, -0.1) is 0 Å². The monoisotopic (exact) mass is 382 g/mol. The molecule has 1 aliphatic rings. The number of rotatable bonds is 3. The first-order valence-corrected chi connectivity index (χ1v) is 9.49. The van der Waals surface area contributed by atoms with Crippen LogP contribution in [-0.4, -0.2) is 13.4 Å². The third-order valence-electron chi connectivity index (χ3n) is 4.40. The van der Waals surface area contributed by atoms with Crippen molar-refractivity contribution < 1.29 is 21.6 Å². The van der Waals surface area contributed by atoms with Gasteiger partial charge < -0.3 is 0 Å². The summed E-state index contributed by atoms with van der Waals surface area (Å²) in [7, 11) is -3.82. The van der Waals surface area contributed by atoms with E-state index in [1.807, 2.05) is 0 Å². The minimum absolute atomic E-state index is 0.0797. The molecule has 2 aromatic rings. The Labute approximate surface area is 149 Å². The maximum absolute atomic E-state index is 12.8. The van der Waals surface area contributed by atoms with Crippen LogP contribution in [0.1, 0.15) is 36.6 Å². The lowest BCUT2D eigenvalue weighted by Gasteiger charge is -2.10. The number of nitrogens with zero attached hydrogens (tertiary/aromatic N) is 1. The molecule has 1 aliphatic carbocycles. The number of allylic oxidation sites excluding steroid dienone is 2. The summed E-state index contributed by atoms with van der Waals surface area (Å²) in [4.78, 5) is 4.12. The van der Waals surface area contributed by atoms with Crippen LogP contribution in [0.3, 0.4) is 0 Å². The maximum Gasteiger partial charge on any atom is 0.416 e. The van der Waals surface area contributed by atoms with Crippen molar-refractivity contribution in [3.63, 3.8) is 0 Å². The Kier molecular flexibility index (Phi) is 4.66. The Morgan fingerprint density at radius 2 is 1.65 bits per heavy atom. The average molecular weight is 382 g/mol. The lowest BCUT2D eigenvalue weighted by molar-refractivity contribution is -0.137. The molecule has 0 saturated carbocycles. The molecule has 0 spiro atoms. The van der Waals surface area contributed by atoms with Gasteiger partial charge in [0.2, 0.25) is 10.0 Å². The first kappa shape index (κ1) is 18.6. The van der Waals surface area contributed by atoms with Crippen LogP contribution in [0.5, 0.6) is 0 Å². The third kappa shape index (κ3) is 3.81. The van der Waals surface area contributed by atoms with E-state index in [0.717, 1.165) is 41.7 Å². The van der Waals surface area contributed by atoms with E-state index < -0.39 is 21.8 Å². The zero-order valence-corrected chi connectivity index (χ0v) is 14.7. The Bertz CT molecular complexity index is 947. The van der Waals surface area contributed by atoms with Crippen LogP contribution in [0.4, 0.5) is 13.2 Å². The number of primary sulfonamides is 1. The van der Waals surface area contributed by atoms with E-state index in [9.17, 15) is 21.6 Å². The largest absolute Gasteiger partial charge is 0.416 e. The molecule has 4 nitrogen and oxygen atoms in total. The van der Waals surface area contributed by atoms with Crippen molar-refractivity contribution in [2.75, 3.05) is 0 Å². The van der Waals surface area contributed by atoms with Crippen LogP contribution in [-0.2, 0) is 16.2 Å². The first-order valence-electron chi connectivity index (χ1n) is 7.94. The predicted molar refractivity (Wildman–Crippen MR) is 92.3 cm³/mol. The molecule has 0 fully saturated rings. The molecule has 26 heavy (non-hydrogen) atoms. The minimum atomic E-state index is -4.37. The molecule has 2 N–H and O–H groups in total. The normalized spacial score (nSPS) is 18.4. The van der Waals surface area contributed by atoms with Crippen molar-refractivity contribution in [3.05, 3.63) is 59.4 Å². The van der Waals surface area contributed by atoms with E-state index in [4.69, 9.17) is 5.14 Å². The van der Waals surface area contributed by atoms with Crippen LogP contribution < -0.4 is 5.14 Å². The molecule has 3 rings (SSSR count). The fourth-order valence-electron chi connectivity index (χ4n) is 3.15. The molecule has 1 unspecified atom stereocenters. The van der Waals surface area contributed by atoms with Gasteiger partial charge in [-0.1, -0.05) is 19.1 Å². The molecule has 138 valence electrons. The maximum atomic E-state index is 12.8. The van der Waals surface area contributed by atoms with Crippen LogP contribution in [0.2, 0.25) is 0 Å². The second-order valence-electron chi connectivity index (χ2n) is 6.47. The summed E-state index contributed by atoms with van der Waals surface area (Å²) in [6.45, 7) is 2.05. The smallest absolute Gasteiger partial charge is 0.255 e. The Hall–Kier alpha value is -2.19. The van der Waals surface area contributed by atoms with E-state index >= 15 is 0 Å². The second-order valence-corrected chi connectivity index (χ2v) is 8.03. The minimum Gasteiger partial charge on any atom is -0.255 e. The number of benzene rings is 1. The number of hydrogen-bond donors (Lipinski definition) is 1. The highest BCUT2D eigenvalue weighted by molar-refractivity contribution is 7.89. The van der Waals surface area contributed by atoms with E-state index in [-0.39, 0.29) is 4.90 Å². The van der Waals surface area contributed by atoms with Gasteiger partial charge in [0.1, 0.15) is 4.90 Å². The number of hydrogen-bond acceptors (Lipinski definition) is 3. The lowest BCUT2D eigenvalue weighted by atomic mass is 9.98. The van der Waals surface area contributed by atoms with Crippen LogP contribution in [0, 0.1) is 5.92 Å². The van der Waals surface area contributed by atoms with Gasteiger partial charge in [0.15, 0.2) is 0 Å². The molecule has 1 aromatic heterocycles. The molecule has 0 radical (unpaired) electrons. The van der Waals surface area contributed by atoms with Crippen molar-refractivity contribution in [2.45, 2.75) is 30.8 Å². The molecule has 1 aromatic carbocycles. The summed E-state index contributed by atoms with van der Waals surface area (Å²) in [5.41, 5.74) is 2.48. The first-order chi connectivity index (χ1) is 12.1.